The highest BCUT2D eigenvalue weighted by Crippen LogP contribution is 2.45. The van der Waals surface area contributed by atoms with E-state index in [0.29, 0.717) is 19.3 Å². The van der Waals surface area contributed by atoms with Crippen molar-refractivity contribution in [1.82, 2.24) is 4.90 Å². The Labute approximate surface area is 129 Å². The number of aliphatic carboxylic acids is 1. The monoisotopic (exact) mass is 313 g/mol. The minimum atomic E-state index is -1.05. The minimum absolute atomic E-state index is 0.216. The van der Waals surface area contributed by atoms with Crippen LogP contribution in [0.1, 0.15) is 40.0 Å². The number of carbonyl (C=O) groups excluding carboxylic acids is 2. The summed E-state index contributed by atoms with van der Waals surface area (Å²) in [6.45, 7) is 5.01. The van der Waals surface area contributed by atoms with Crippen molar-refractivity contribution in [1.29, 1.82) is 0 Å². The Hall–Kier alpha value is -2.05. The predicted octanol–water partition coefficient (Wildman–Crippen LogP) is 1.96. The Bertz CT molecular complexity index is 473. The van der Waals surface area contributed by atoms with Gasteiger partial charge < -0.3 is 14.6 Å². The van der Waals surface area contributed by atoms with Gasteiger partial charge in [0, 0.05) is 6.08 Å². The molecule has 0 atom stereocenters. The quantitative estimate of drug-likeness (QED) is 0.595. The van der Waals surface area contributed by atoms with Crippen molar-refractivity contribution >= 4 is 18.0 Å². The summed E-state index contributed by atoms with van der Waals surface area (Å²) in [5.74, 6) is -1.59. The van der Waals surface area contributed by atoms with Crippen LogP contribution in [0.2, 0.25) is 0 Å². The van der Waals surface area contributed by atoms with E-state index in [0.717, 1.165) is 6.08 Å². The molecule has 1 aliphatic carbocycles. The number of carboxylic acid groups (broad SMARTS) is 1. The van der Waals surface area contributed by atoms with Crippen molar-refractivity contribution in [3.8, 4) is 0 Å². The molecular formula is C15H23NO6. The highest BCUT2D eigenvalue weighted by molar-refractivity contribution is 5.80. The van der Waals surface area contributed by atoms with E-state index < -0.39 is 29.2 Å². The van der Waals surface area contributed by atoms with E-state index in [4.69, 9.17) is 9.84 Å². The predicted molar refractivity (Wildman–Crippen MR) is 78.3 cm³/mol. The standard InChI is InChI=1S/C15H23NO6/c1-14(2,3)22-13(20)16(10-12(19)21-4)15(8-9-15)7-5-6-11(17)18/h5-6H,7-10H2,1-4H3,(H,17,18)/b6-5+. The third-order valence-corrected chi connectivity index (χ3v) is 3.29. The topological polar surface area (TPSA) is 93.1 Å². The van der Waals surface area contributed by atoms with Gasteiger partial charge in [0.15, 0.2) is 0 Å². The van der Waals surface area contributed by atoms with Gasteiger partial charge in [0.2, 0.25) is 0 Å². The zero-order valence-corrected chi connectivity index (χ0v) is 13.4. The SMILES string of the molecule is COC(=O)CN(C(=O)OC(C)(C)C)C1(C/C=C/C(=O)O)CC1. The smallest absolute Gasteiger partial charge is 0.411 e. The summed E-state index contributed by atoms with van der Waals surface area (Å²) < 4.78 is 9.96. The Morgan fingerprint density at radius 3 is 2.27 bits per heavy atom. The highest BCUT2D eigenvalue weighted by Gasteiger charge is 2.51. The molecule has 0 radical (unpaired) electrons. The normalized spacial score (nSPS) is 16.2. The molecule has 0 aliphatic heterocycles. The molecule has 1 N–H and O–H groups in total. The van der Waals surface area contributed by atoms with Crippen LogP contribution in [-0.4, -0.2) is 52.8 Å². The van der Waals surface area contributed by atoms with Gasteiger partial charge in [-0.1, -0.05) is 6.08 Å². The summed E-state index contributed by atoms with van der Waals surface area (Å²) in [6, 6.07) is 0. The van der Waals surface area contributed by atoms with E-state index in [1.165, 1.54) is 18.1 Å². The van der Waals surface area contributed by atoms with Crippen molar-refractivity contribution in [2.24, 2.45) is 0 Å². The summed E-state index contributed by atoms with van der Waals surface area (Å²) >= 11 is 0. The van der Waals surface area contributed by atoms with Crippen molar-refractivity contribution < 1.29 is 29.0 Å². The molecule has 0 heterocycles. The summed E-state index contributed by atoms with van der Waals surface area (Å²) in [5, 5.41) is 8.65. The van der Waals surface area contributed by atoms with Gasteiger partial charge in [-0.15, -0.1) is 0 Å². The number of carbonyl (C=O) groups is 3. The van der Waals surface area contributed by atoms with Crippen LogP contribution in [0, 0.1) is 0 Å². The van der Waals surface area contributed by atoms with E-state index in [1.54, 1.807) is 20.8 Å². The number of nitrogens with zero attached hydrogens (tertiary/aromatic N) is 1. The lowest BCUT2D eigenvalue weighted by Gasteiger charge is -2.32. The number of amides is 1. The Morgan fingerprint density at radius 1 is 1.27 bits per heavy atom. The van der Waals surface area contributed by atoms with E-state index in [1.807, 2.05) is 0 Å². The second-order valence-electron chi connectivity index (χ2n) is 6.31. The third-order valence-electron chi connectivity index (χ3n) is 3.29. The lowest BCUT2D eigenvalue weighted by atomic mass is 10.1. The molecule has 22 heavy (non-hydrogen) atoms. The molecule has 0 aromatic carbocycles. The van der Waals surface area contributed by atoms with Crippen LogP contribution >= 0.6 is 0 Å². The molecule has 124 valence electrons. The van der Waals surface area contributed by atoms with Gasteiger partial charge in [-0.05, 0) is 40.0 Å². The van der Waals surface area contributed by atoms with Crippen LogP contribution in [0.4, 0.5) is 4.79 Å². The van der Waals surface area contributed by atoms with E-state index >= 15 is 0 Å². The molecule has 0 unspecified atom stereocenters. The van der Waals surface area contributed by atoms with Crippen molar-refractivity contribution in [3.05, 3.63) is 12.2 Å². The van der Waals surface area contributed by atoms with Gasteiger partial charge in [0.25, 0.3) is 0 Å². The maximum atomic E-state index is 12.3. The van der Waals surface area contributed by atoms with Crippen LogP contribution in [-0.2, 0) is 19.1 Å². The number of methoxy groups -OCH3 is 1. The van der Waals surface area contributed by atoms with Crippen LogP contribution in [0.3, 0.4) is 0 Å². The minimum Gasteiger partial charge on any atom is -0.478 e. The first-order valence-corrected chi connectivity index (χ1v) is 7.06. The summed E-state index contributed by atoms with van der Waals surface area (Å²) in [5.41, 5.74) is -1.25. The van der Waals surface area contributed by atoms with E-state index in [9.17, 15) is 14.4 Å². The molecule has 1 saturated carbocycles. The van der Waals surface area contributed by atoms with E-state index in [2.05, 4.69) is 4.74 Å². The first-order chi connectivity index (χ1) is 10.1. The molecule has 0 bridgehead atoms. The maximum absolute atomic E-state index is 12.3. The maximum Gasteiger partial charge on any atom is 0.411 e. The molecule has 1 amide bonds. The number of ether oxygens (including phenoxy) is 2. The second kappa shape index (κ2) is 6.81. The number of hydrogen-bond donors (Lipinski definition) is 1. The molecule has 0 spiro atoms. The molecule has 7 nitrogen and oxygen atoms in total. The van der Waals surface area contributed by atoms with E-state index in [-0.39, 0.29) is 6.54 Å². The van der Waals surface area contributed by atoms with Crippen molar-refractivity contribution in [2.75, 3.05) is 13.7 Å². The van der Waals surface area contributed by atoms with Gasteiger partial charge in [0.05, 0.1) is 12.6 Å². The lowest BCUT2D eigenvalue weighted by molar-refractivity contribution is -0.142. The van der Waals surface area contributed by atoms with Gasteiger partial charge in [-0.3, -0.25) is 9.69 Å². The number of rotatable bonds is 6. The Balaban J connectivity index is 2.87. The van der Waals surface area contributed by atoms with Crippen molar-refractivity contribution in [2.45, 2.75) is 51.2 Å². The fourth-order valence-corrected chi connectivity index (χ4v) is 2.04. The van der Waals surface area contributed by atoms with Gasteiger partial charge in [-0.25, -0.2) is 9.59 Å². The lowest BCUT2D eigenvalue weighted by Crippen LogP contribution is -2.47. The molecule has 7 heteroatoms. The third kappa shape index (κ3) is 5.38. The zero-order chi connectivity index (χ0) is 17.0. The van der Waals surface area contributed by atoms with Crippen LogP contribution in [0.15, 0.2) is 12.2 Å². The number of carboxylic acids is 1. The van der Waals surface area contributed by atoms with Crippen LogP contribution in [0.25, 0.3) is 0 Å². The molecule has 0 saturated heterocycles. The first kappa shape index (κ1) is 18.0. The molecule has 1 aliphatic rings. The second-order valence-corrected chi connectivity index (χ2v) is 6.31. The summed E-state index contributed by atoms with van der Waals surface area (Å²) in [6.07, 6.45) is 3.66. The Kier molecular flexibility index (Phi) is 5.57. The average molecular weight is 313 g/mol. The molecule has 1 rings (SSSR count). The molecule has 0 aromatic heterocycles. The fraction of sp³-hybridized carbons (Fsp3) is 0.667. The van der Waals surface area contributed by atoms with Gasteiger partial charge >= 0.3 is 18.0 Å². The first-order valence-electron chi connectivity index (χ1n) is 7.06. The van der Waals surface area contributed by atoms with Crippen molar-refractivity contribution in [3.63, 3.8) is 0 Å². The molecule has 0 aromatic rings. The average Bonchev–Trinajstić information content (AvgIpc) is 3.13. The highest BCUT2D eigenvalue weighted by atomic mass is 16.6. The zero-order valence-electron chi connectivity index (χ0n) is 13.4. The number of hydrogen-bond acceptors (Lipinski definition) is 5. The van der Waals surface area contributed by atoms with Gasteiger partial charge in [0.1, 0.15) is 12.1 Å². The Morgan fingerprint density at radius 2 is 1.86 bits per heavy atom. The largest absolute Gasteiger partial charge is 0.478 e. The molecule has 1 fully saturated rings. The van der Waals surface area contributed by atoms with Crippen LogP contribution < -0.4 is 0 Å². The number of esters is 1. The molecular weight excluding hydrogens is 290 g/mol. The summed E-state index contributed by atoms with van der Waals surface area (Å²) in [7, 11) is 1.25. The summed E-state index contributed by atoms with van der Waals surface area (Å²) in [4.78, 5) is 35.8. The fourth-order valence-electron chi connectivity index (χ4n) is 2.04. The van der Waals surface area contributed by atoms with Crippen LogP contribution in [0.5, 0.6) is 0 Å². The van der Waals surface area contributed by atoms with Gasteiger partial charge in [-0.2, -0.15) is 0 Å².